The number of ether oxygens (including phenoxy) is 3. The monoisotopic (exact) mass is 845 g/mol. The molecule has 0 aliphatic carbocycles. The van der Waals surface area contributed by atoms with Crippen molar-refractivity contribution in [2.45, 2.75) is 89.2 Å². The van der Waals surface area contributed by atoms with Gasteiger partial charge in [-0.1, -0.05) is 6.07 Å². The molecule has 13 nitrogen and oxygen atoms in total. The predicted molar refractivity (Wildman–Crippen MR) is 209 cm³/mol. The van der Waals surface area contributed by atoms with E-state index >= 15 is 22.0 Å². The van der Waals surface area contributed by atoms with Crippen LogP contribution in [0.5, 0.6) is 6.01 Å². The fourth-order valence-corrected chi connectivity index (χ4v) is 9.31. The maximum atomic E-state index is 17.3. The van der Waals surface area contributed by atoms with Gasteiger partial charge in [0.1, 0.15) is 40.4 Å². The molecule has 7 rings (SSSR count). The van der Waals surface area contributed by atoms with Gasteiger partial charge < -0.3 is 30.0 Å². The Morgan fingerprint density at radius 2 is 1.81 bits per heavy atom. The van der Waals surface area contributed by atoms with Gasteiger partial charge in [0, 0.05) is 48.6 Å². The number of hydrogen-bond donors (Lipinski definition) is 2. The van der Waals surface area contributed by atoms with E-state index in [9.17, 15) is 14.9 Å². The largest absolute Gasteiger partial charge is 0.481 e. The standard InChI is InChI=1S/C40H44F5N7O6S/c1-39(2,3)58-38(55)52-21-7-8-22(52)19-51(18-21)36-25-16-27(40(43,44)45)31(24-9-10-28(41)34-30(24)26(17-46)35(47)59-34)32(42)33(25)48-37(49-36)57-20-23-6-4-12-50(23)13-5-14-56-15-11-29(53)54/h9-10,16,21-23H,4-8,11-15,18-20,47H2,1-3H3,(H,53,54)/t21-,22-,23-/m0/s1. The number of fused-ring (bicyclic) bond motifs is 4. The number of anilines is 2. The lowest BCUT2D eigenvalue weighted by Crippen LogP contribution is -2.57. The normalized spacial score (nSPS) is 19.8. The minimum atomic E-state index is -5.13. The molecule has 19 heteroatoms. The molecule has 59 heavy (non-hydrogen) atoms. The number of nitrogens with two attached hydrogens (primary N) is 1. The minimum Gasteiger partial charge on any atom is -0.481 e. The van der Waals surface area contributed by atoms with Crippen molar-refractivity contribution in [2.24, 2.45) is 0 Å². The molecule has 4 aromatic rings. The summed E-state index contributed by atoms with van der Waals surface area (Å²) in [5.41, 5.74) is 1.81. The van der Waals surface area contributed by atoms with Crippen molar-refractivity contribution in [2.75, 3.05) is 56.6 Å². The first kappa shape index (κ1) is 42.1. The Hall–Kier alpha value is -5.06. The number of carboxylic acids is 1. The highest BCUT2D eigenvalue weighted by Crippen LogP contribution is 2.48. The predicted octanol–water partition coefficient (Wildman–Crippen LogP) is 7.58. The fraction of sp³-hybridized carbons (Fsp3) is 0.525. The summed E-state index contributed by atoms with van der Waals surface area (Å²) in [5.74, 6) is -3.15. The van der Waals surface area contributed by atoms with Crippen LogP contribution in [0.4, 0.5) is 37.6 Å². The zero-order chi connectivity index (χ0) is 42.4. The second-order valence-corrected chi connectivity index (χ2v) is 17.1. The zero-order valence-corrected chi connectivity index (χ0v) is 33.5. The van der Waals surface area contributed by atoms with Crippen LogP contribution in [0.15, 0.2) is 18.2 Å². The number of alkyl halides is 3. The first-order valence-electron chi connectivity index (χ1n) is 19.4. The molecule has 3 atom stereocenters. The maximum Gasteiger partial charge on any atom is 0.417 e. The number of aliphatic carboxylic acids is 1. The molecule has 2 bridgehead atoms. The zero-order valence-electron chi connectivity index (χ0n) is 32.7. The number of carbonyl (C=O) groups is 2. The summed E-state index contributed by atoms with van der Waals surface area (Å²) in [4.78, 5) is 38.6. The number of halogens is 5. The second kappa shape index (κ2) is 16.5. The van der Waals surface area contributed by atoms with Crippen LogP contribution >= 0.6 is 11.3 Å². The number of nitrogens with zero attached hydrogens (tertiary/aromatic N) is 6. The van der Waals surface area contributed by atoms with Gasteiger partial charge in [-0.05, 0) is 77.1 Å². The smallest absolute Gasteiger partial charge is 0.417 e. The topological polar surface area (TPSA) is 167 Å². The summed E-state index contributed by atoms with van der Waals surface area (Å²) < 4.78 is 95.0. The molecule has 3 N–H and O–H groups in total. The molecule has 0 unspecified atom stereocenters. The lowest BCUT2D eigenvalue weighted by atomic mass is 9.92. The third-order valence-electron chi connectivity index (χ3n) is 10.9. The molecule has 3 aliphatic rings. The SMILES string of the molecule is CC(C)(C)OC(=O)N1[C@H]2CC[C@H]1CN(c1nc(OC[C@@H]3CCCN3CCCOCCC(=O)O)nc3c(F)c(-c4ccc(F)c5sc(N)c(C#N)c45)c(C(F)(F)F)cc13)C2. The van der Waals surface area contributed by atoms with Crippen molar-refractivity contribution in [1.29, 1.82) is 5.26 Å². The van der Waals surface area contributed by atoms with E-state index in [0.717, 1.165) is 37.6 Å². The Kier molecular flexibility index (Phi) is 11.8. The number of nitriles is 1. The van der Waals surface area contributed by atoms with E-state index < -0.39 is 52.1 Å². The fourth-order valence-electron chi connectivity index (χ4n) is 8.36. The molecule has 1 amide bonds. The summed E-state index contributed by atoms with van der Waals surface area (Å²) in [7, 11) is 0. The molecule has 2 aromatic carbocycles. The van der Waals surface area contributed by atoms with Crippen molar-refractivity contribution in [3.8, 4) is 23.2 Å². The average molecular weight is 846 g/mol. The van der Waals surface area contributed by atoms with E-state index in [4.69, 9.17) is 25.1 Å². The number of piperazine rings is 1. The third kappa shape index (κ3) is 8.66. The summed E-state index contributed by atoms with van der Waals surface area (Å²) in [6.07, 6.45) is -2.25. The quantitative estimate of drug-likeness (QED) is 0.106. The van der Waals surface area contributed by atoms with E-state index in [2.05, 4.69) is 14.9 Å². The lowest BCUT2D eigenvalue weighted by molar-refractivity contribution is -0.138. The number of amides is 1. The van der Waals surface area contributed by atoms with Crippen LogP contribution in [0.2, 0.25) is 0 Å². The molecular formula is C40H44F5N7O6S. The van der Waals surface area contributed by atoms with Gasteiger partial charge in [-0.15, -0.1) is 11.3 Å². The first-order chi connectivity index (χ1) is 27.9. The molecule has 316 valence electrons. The number of thiophene rings is 1. The van der Waals surface area contributed by atoms with Crippen LogP contribution in [0.1, 0.15) is 70.4 Å². The van der Waals surface area contributed by atoms with E-state index in [1.54, 1.807) is 30.6 Å². The Morgan fingerprint density at radius 1 is 1.08 bits per heavy atom. The number of benzene rings is 2. The number of hydrogen-bond acceptors (Lipinski definition) is 12. The highest BCUT2D eigenvalue weighted by molar-refractivity contribution is 7.23. The second-order valence-electron chi connectivity index (χ2n) is 16.0. The number of rotatable bonds is 12. The molecule has 0 radical (unpaired) electrons. The minimum absolute atomic E-state index is 0.00905. The first-order valence-corrected chi connectivity index (χ1v) is 20.2. The Bertz CT molecular complexity index is 2300. The van der Waals surface area contributed by atoms with Gasteiger partial charge in [0.25, 0.3) is 0 Å². The van der Waals surface area contributed by atoms with Gasteiger partial charge in [-0.2, -0.15) is 28.4 Å². The van der Waals surface area contributed by atoms with Gasteiger partial charge in [-0.3, -0.25) is 14.6 Å². The van der Waals surface area contributed by atoms with Crippen molar-refractivity contribution in [3.63, 3.8) is 0 Å². The Labute approximate surface area is 340 Å². The Balaban J connectivity index is 1.29. The summed E-state index contributed by atoms with van der Waals surface area (Å²) in [6.45, 7) is 7.55. The van der Waals surface area contributed by atoms with Crippen molar-refractivity contribution in [3.05, 3.63) is 41.0 Å². The van der Waals surface area contributed by atoms with Gasteiger partial charge >= 0.3 is 24.2 Å². The maximum absolute atomic E-state index is 17.3. The number of likely N-dealkylation sites (tertiary alicyclic amines) is 1. The number of nitrogen functional groups attached to an aromatic ring is 1. The third-order valence-corrected chi connectivity index (χ3v) is 11.9. The molecule has 2 aromatic heterocycles. The average Bonchev–Trinajstić information content (AvgIpc) is 3.84. The molecule has 0 saturated carbocycles. The van der Waals surface area contributed by atoms with E-state index in [-0.39, 0.29) is 94.3 Å². The van der Waals surface area contributed by atoms with Crippen molar-refractivity contribution < 1.29 is 50.9 Å². The van der Waals surface area contributed by atoms with E-state index in [0.29, 0.717) is 43.8 Å². The van der Waals surface area contributed by atoms with Gasteiger partial charge in [0.15, 0.2) is 5.82 Å². The van der Waals surface area contributed by atoms with Gasteiger partial charge in [0.05, 0.1) is 40.9 Å². The van der Waals surface area contributed by atoms with Crippen LogP contribution in [-0.2, 0) is 20.4 Å². The van der Waals surface area contributed by atoms with Crippen LogP contribution in [0.25, 0.3) is 32.1 Å². The summed E-state index contributed by atoms with van der Waals surface area (Å²) in [6, 6.07) is 3.42. The number of aromatic nitrogens is 2. The molecule has 3 fully saturated rings. The van der Waals surface area contributed by atoms with E-state index in [1.165, 1.54) is 0 Å². The van der Waals surface area contributed by atoms with Gasteiger partial charge in [0.2, 0.25) is 0 Å². The van der Waals surface area contributed by atoms with Crippen LogP contribution in [0.3, 0.4) is 0 Å². The Morgan fingerprint density at radius 3 is 2.47 bits per heavy atom. The number of carbonyl (C=O) groups excluding carboxylic acids is 1. The molecule has 3 saturated heterocycles. The summed E-state index contributed by atoms with van der Waals surface area (Å²) >= 11 is 0.679. The molecule has 0 spiro atoms. The van der Waals surface area contributed by atoms with Crippen LogP contribution in [-0.4, -0.2) is 107 Å². The highest BCUT2D eigenvalue weighted by Gasteiger charge is 2.46. The van der Waals surface area contributed by atoms with E-state index in [1.807, 2.05) is 6.07 Å². The van der Waals surface area contributed by atoms with Gasteiger partial charge in [-0.25, -0.2) is 13.6 Å². The summed E-state index contributed by atoms with van der Waals surface area (Å²) in [5, 5.41) is 18.1. The van der Waals surface area contributed by atoms with Crippen LogP contribution < -0.4 is 15.4 Å². The molecule has 3 aliphatic heterocycles. The lowest BCUT2D eigenvalue weighted by Gasteiger charge is -2.42. The number of carboxylic acid groups (broad SMARTS) is 1. The van der Waals surface area contributed by atoms with Crippen molar-refractivity contribution >= 4 is 55.2 Å². The molecule has 5 heterocycles. The van der Waals surface area contributed by atoms with Crippen LogP contribution in [0, 0.1) is 23.0 Å². The molecular weight excluding hydrogens is 802 g/mol. The van der Waals surface area contributed by atoms with Crippen molar-refractivity contribution in [1.82, 2.24) is 19.8 Å². The highest BCUT2D eigenvalue weighted by atomic mass is 32.1.